The van der Waals surface area contributed by atoms with Crippen molar-refractivity contribution in [1.29, 1.82) is 0 Å². The third-order valence-corrected chi connectivity index (χ3v) is 4.73. The average Bonchev–Trinajstić information content (AvgIpc) is 2.37. The van der Waals surface area contributed by atoms with Crippen LogP contribution in [-0.4, -0.2) is 20.6 Å². The third-order valence-electron chi connectivity index (χ3n) is 3.21. The molecular formula is C19H31NO2S. The van der Waals surface area contributed by atoms with E-state index in [2.05, 4.69) is 50.3 Å². The predicted molar refractivity (Wildman–Crippen MR) is 101 cm³/mol. The molecule has 0 heterocycles. The molecule has 1 aromatic carbocycles. The van der Waals surface area contributed by atoms with Crippen molar-refractivity contribution in [3.05, 3.63) is 29.3 Å². The van der Waals surface area contributed by atoms with Gasteiger partial charge in [0.1, 0.15) is 27.5 Å². The number of nitrogens with zero attached hydrogens (tertiary/aromatic N) is 1. The molecule has 0 saturated carbocycles. The van der Waals surface area contributed by atoms with Crippen LogP contribution in [-0.2, 0) is 17.8 Å². The molecule has 0 aliphatic heterocycles. The monoisotopic (exact) mass is 337 g/mol. The first-order valence-electron chi connectivity index (χ1n) is 8.13. The number of aryl methyl sites for hydroxylation is 2. The zero-order valence-electron chi connectivity index (χ0n) is 15.8. The molecule has 0 aromatic heterocycles. The van der Waals surface area contributed by atoms with Gasteiger partial charge in [0.15, 0.2) is 0 Å². The van der Waals surface area contributed by atoms with E-state index in [1.807, 2.05) is 27.7 Å². The Labute approximate surface area is 144 Å². The zero-order chi connectivity index (χ0) is 17.8. The maximum Gasteiger partial charge on any atom is 0.144 e. The second-order valence-electron chi connectivity index (χ2n) is 8.00. The lowest BCUT2D eigenvalue weighted by Crippen LogP contribution is -2.26. The van der Waals surface area contributed by atoms with Crippen LogP contribution in [0.4, 0.5) is 0 Å². The van der Waals surface area contributed by atoms with Gasteiger partial charge in [-0.2, -0.15) is 0 Å². The van der Waals surface area contributed by atoms with Crippen molar-refractivity contribution in [2.45, 2.75) is 78.6 Å². The second-order valence-corrected chi connectivity index (χ2v) is 9.91. The summed E-state index contributed by atoms with van der Waals surface area (Å²) in [6.07, 6.45) is 1.68. The number of ether oxygens (including phenoxy) is 1. The first-order chi connectivity index (χ1) is 10.4. The lowest BCUT2D eigenvalue weighted by atomic mass is 10.0. The van der Waals surface area contributed by atoms with Crippen molar-refractivity contribution >= 4 is 17.1 Å². The average molecular weight is 338 g/mol. The highest BCUT2D eigenvalue weighted by Gasteiger charge is 2.26. The van der Waals surface area contributed by atoms with Crippen molar-refractivity contribution in [3.8, 4) is 5.75 Å². The molecule has 0 aliphatic rings. The standard InChI is InChI=1S/C19H31NO2S/c1-14-9-11-16(13-17(14)22-18(3,4)5)12-10-15(2)20-23(21)19(6,7)8/h9,11,13H,10,12H2,1-8H3/b20-15+/t23-/m1/s1. The third kappa shape index (κ3) is 7.40. The van der Waals surface area contributed by atoms with Crippen LogP contribution in [0.25, 0.3) is 0 Å². The Bertz CT molecular complexity index is 553. The fraction of sp³-hybridized carbons (Fsp3) is 0.632. The van der Waals surface area contributed by atoms with Crippen LogP contribution in [0.2, 0.25) is 0 Å². The summed E-state index contributed by atoms with van der Waals surface area (Å²) in [5, 5.41) is 0. The number of rotatable bonds is 5. The van der Waals surface area contributed by atoms with E-state index >= 15 is 0 Å². The smallest absolute Gasteiger partial charge is 0.144 e. The SMILES string of the molecule is C/C(CCc1ccc(C)c(OC(C)(C)C)c1)=N\[S@+]([O-])C(C)(C)C. The molecule has 0 radical (unpaired) electrons. The van der Waals surface area contributed by atoms with E-state index in [1.54, 1.807) is 0 Å². The molecule has 3 nitrogen and oxygen atoms in total. The molecule has 0 N–H and O–H groups in total. The highest BCUT2D eigenvalue weighted by Crippen LogP contribution is 2.25. The predicted octanol–water partition coefficient (Wildman–Crippen LogP) is 5.03. The molecule has 1 atom stereocenters. The maximum atomic E-state index is 12.0. The Morgan fingerprint density at radius 2 is 1.78 bits per heavy atom. The molecular weight excluding hydrogens is 306 g/mol. The summed E-state index contributed by atoms with van der Waals surface area (Å²) < 4.78 is 22.1. The van der Waals surface area contributed by atoms with Gasteiger partial charge >= 0.3 is 0 Å². The van der Waals surface area contributed by atoms with Gasteiger partial charge in [0.2, 0.25) is 0 Å². The molecule has 1 rings (SSSR count). The minimum Gasteiger partial charge on any atom is -0.591 e. The van der Waals surface area contributed by atoms with Crippen LogP contribution in [0.5, 0.6) is 5.75 Å². The Hall–Kier alpha value is -1.000. The highest BCUT2D eigenvalue weighted by molar-refractivity contribution is 7.91. The van der Waals surface area contributed by atoms with Crippen molar-refractivity contribution in [3.63, 3.8) is 0 Å². The molecule has 0 fully saturated rings. The van der Waals surface area contributed by atoms with E-state index in [4.69, 9.17) is 4.74 Å². The van der Waals surface area contributed by atoms with E-state index in [0.717, 1.165) is 29.9 Å². The summed E-state index contributed by atoms with van der Waals surface area (Å²) in [5.74, 6) is 0.933. The molecule has 1 aromatic rings. The van der Waals surface area contributed by atoms with Crippen LogP contribution in [0, 0.1) is 6.92 Å². The lowest BCUT2D eigenvalue weighted by Gasteiger charge is -2.23. The molecule has 0 unspecified atom stereocenters. The van der Waals surface area contributed by atoms with Crippen molar-refractivity contribution in [2.75, 3.05) is 0 Å². The van der Waals surface area contributed by atoms with E-state index in [0.29, 0.717) is 0 Å². The maximum absolute atomic E-state index is 12.0. The van der Waals surface area contributed by atoms with Crippen molar-refractivity contribution in [1.82, 2.24) is 0 Å². The van der Waals surface area contributed by atoms with Crippen LogP contribution in [0.1, 0.15) is 66.0 Å². The molecule has 0 saturated heterocycles. The quantitative estimate of drug-likeness (QED) is 0.559. The molecule has 4 heteroatoms. The largest absolute Gasteiger partial charge is 0.591 e. The summed E-state index contributed by atoms with van der Waals surface area (Å²) in [6.45, 7) is 16.0. The molecule has 0 aliphatic carbocycles. The lowest BCUT2D eigenvalue weighted by molar-refractivity contribution is 0.129. The summed E-state index contributed by atoms with van der Waals surface area (Å²) in [4.78, 5) is 0. The normalized spacial score (nSPS) is 14.7. The fourth-order valence-corrected chi connectivity index (χ4v) is 2.54. The van der Waals surface area contributed by atoms with E-state index in [9.17, 15) is 4.55 Å². The molecule has 0 amide bonds. The van der Waals surface area contributed by atoms with Crippen molar-refractivity contribution in [2.24, 2.45) is 4.40 Å². The number of hydrogen-bond donors (Lipinski definition) is 0. The summed E-state index contributed by atoms with van der Waals surface area (Å²) in [5.41, 5.74) is 3.08. The molecule has 130 valence electrons. The molecule has 0 bridgehead atoms. The number of hydrogen-bond acceptors (Lipinski definition) is 3. The molecule has 23 heavy (non-hydrogen) atoms. The van der Waals surface area contributed by atoms with E-state index in [-0.39, 0.29) is 10.3 Å². The van der Waals surface area contributed by atoms with Crippen LogP contribution in [0.15, 0.2) is 22.6 Å². The minimum absolute atomic E-state index is 0.204. The van der Waals surface area contributed by atoms with Gasteiger partial charge in [-0.05, 0) is 85.4 Å². The van der Waals surface area contributed by atoms with Gasteiger partial charge in [0.25, 0.3) is 0 Å². The van der Waals surface area contributed by atoms with E-state index in [1.165, 1.54) is 5.56 Å². The van der Waals surface area contributed by atoms with Crippen LogP contribution < -0.4 is 4.74 Å². The topological polar surface area (TPSA) is 44.6 Å². The Morgan fingerprint density at radius 1 is 1.17 bits per heavy atom. The van der Waals surface area contributed by atoms with E-state index < -0.39 is 11.4 Å². The summed E-state index contributed by atoms with van der Waals surface area (Å²) >= 11 is -1.18. The van der Waals surface area contributed by atoms with Crippen LogP contribution in [0.3, 0.4) is 0 Å². The second kappa shape index (κ2) is 7.71. The van der Waals surface area contributed by atoms with Gasteiger partial charge in [0.05, 0.1) is 5.71 Å². The van der Waals surface area contributed by atoms with Gasteiger partial charge in [0, 0.05) is 0 Å². The summed E-state index contributed by atoms with van der Waals surface area (Å²) in [7, 11) is 0. The van der Waals surface area contributed by atoms with Gasteiger partial charge in [-0.25, -0.2) is 0 Å². The zero-order valence-corrected chi connectivity index (χ0v) is 16.6. The van der Waals surface area contributed by atoms with Gasteiger partial charge in [-0.15, -0.1) is 0 Å². The van der Waals surface area contributed by atoms with Gasteiger partial charge < -0.3 is 9.29 Å². The minimum atomic E-state index is -1.18. The fourth-order valence-electron chi connectivity index (χ4n) is 1.89. The Kier molecular flexibility index (Phi) is 6.72. The molecule has 0 spiro atoms. The van der Waals surface area contributed by atoms with Gasteiger partial charge in [-0.1, -0.05) is 16.5 Å². The Balaban J connectivity index is 2.75. The Morgan fingerprint density at radius 3 is 2.30 bits per heavy atom. The van der Waals surface area contributed by atoms with Crippen LogP contribution >= 0.6 is 0 Å². The summed E-state index contributed by atoms with van der Waals surface area (Å²) in [6, 6.07) is 6.32. The highest BCUT2D eigenvalue weighted by atomic mass is 32.2. The number of benzene rings is 1. The van der Waals surface area contributed by atoms with Crippen molar-refractivity contribution < 1.29 is 9.29 Å². The van der Waals surface area contributed by atoms with Gasteiger partial charge in [-0.3, -0.25) is 0 Å². The first kappa shape index (κ1) is 20.0. The first-order valence-corrected chi connectivity index (χ1v) is 9.24.